The first-order valence-electron chi connectivity index (χ1n) is 9.82. The summed E-state index contributed by atoms with van der Waals surface area (Å²) in [6.45, 7) is 2.35. The van der Waals surface area contributed by atoms with E-state index in [2.05, 4.69) is 26.5 Å². The summed E-state index contributed by atoms with van der Waals surface area (Å²) in [5, 5.41) is 3.99. The molecule has 31 heavy (non-hydrogen) atoms. The second kappa shape index (κ2) is 12.5. The normalized spacial score (nSPS) is 13.9. The van der Waals surface area contributed by atoms with Crippen molar-refractivity contribution >= 4 is 45.7 Å². The zero-order chi connectivity index (χ0) is 21.9. The lowest BCUT2D eigenvalue weighted by molar-refractivity contribution is -0.137. The molecule has 0 aromatic heterocycles. The molecular weight excluding hydrogens is 482 g/mol. The zero-order valence-electron chi connectivity index (χ0n) is 17.0. The highest BCUT2D eigenvalue weighted by atomic mass is 79.9. The summed E-state index contributed by atoms with van der Waals surface area (Å²) in [5.41, 5.74) is 4.50. The maximum Gasteiger partial charge on any atom is 0.260 e. The summed E-state index contributed by atoms with van der Waals surface area (Å²) in [7, 11) is 0. The van der Waals surface area contributed by atoms with Crippen LogP contribution in [-0.4, -0.2) is 61.6 Å². The van der Waals surface area contributed by atoms with Gasteiger partial charge in [-0.3, -0.25) is 9.59 Å². The van der Waals surface area contributed by atoms with Crippen molar-refractivity contribution in [3.63, 3.8) is 0 Å². The monoisotopic (exact) mass is 505 g/mol. The van der Waals surface area contributed by atoms with Gasteiger partial charge in [-0.15, -0.1) is 11.8 Å². The number of hydrogen-bond donors (Lipinski definition) is 1. The van der Waals surface area contributed by atoms with Crippen LogP contribution in [-0.2, 0) is 20.1 Å². The van der Waals surface area contributed by atoms with Crippen molar-refractivity contribution < 1.29 is 19.1 Å². The molecule has 9 heteroatoms. The van der Waals surface area contributed by atoms with Crippen molar-refractivity contribution in [2.45, 2.75) is 5.75 Å². The Morgan fingerprint density at radius 1 is 1.19 bits per heavy atom. The van der Waals surface area contributed by atoms with Gasteiger partial charge in [-0.25, -0.2) is 5.43 Å². The van der Waals surface area contributed by atoms with E-state index >= 15 is 0 Å². The summed E-state index contributed by atoms with van der Waals surface area (Å²) in [6, 6.07) is 15.2. The van der Waals surface area contributed by atoms with Crippen molar-refractivity contribution in [1.29, 1.82) is 0 Å². The molecule has 0 bridgehead atoms. The van der Waals surface area contributed by atoms with Crippen LogP contribution in [0.25, 0.3) is 0 Å². The molecule has 0 aliphatic carbocycles. The number of carbonyl (C=O) groups is 2. The van der Waals surface area contributed by atoms with Crippen LogP contribution in [0.5, 0.6) is 5.75 Å². The number of hydrazone groups is 1. The molecule has 0 spiro atoms. The van der Waals surface area contributed by atoms with Crippen LogP contribution in [0.4, 0.5) is 0 Å². The number of carbonyl (C=O) groups excluding carboxylic acids is 2. The fraction of sp³-hybridized carbons (Fsp3) is 0.318. The largest absolute Gasteiger partial charge is 0.484 e. The van der Waals surface area contributed by atoms with Crippen LogP contribution in [0.3, 0.4) is 0 Å². The number of thioether (sulfide) groups is 1. The molecule has 2 amide bonds. The minimum Gasteiger partial charge on any atom is -0.484 e. The molecular formula is C22H24BrN3O4S. The van der Waals surface area contributed by atoms with Crippen LogP contribution in [0.1, 0.15) is 11.1 Å². The lowest BCUT2D eigenvalue weighted by Crippen LogP contribution is -2.42. The highest BCUT2D eigenvalue weighted by Crippen LogP contribution is 2.17. The third-order valence-corrected chi connectivity index (χ3v) is 5.90. The fourth-order valence-electron chi connectivity index (χ4n) is 2.80. The first-order valence-corrected chi connectivity index (χ1v) is 11.8. The van der Waals surface area contributed by atoms with Crippen molar-refractivity contribution in [3.05, 3.63) is 64.1 Å². The molecule has 1 aliphatic heterocycles. The number of rotatable bonds is 9. The Bertz CT molecular complexity index is 902. The summed E-state index contributed by atoms with van der Waals surface area (Å²) in [6.07, 6.45) is 1.57. The molecule has 0 saturated carbocycles. The van der Waals surface area contributed by atoms with Gasteiger partial charge in [0.1, 0.15) is 5.75 Å². The molecule has 1 heterocycles. The second-order valence-electron chi connectivity index (χ2n) is 6.77. The Morgan fingerprint density at radius 2 is 1.97 bits per heavy atom. The van der Waals surface area contributed by atoms with Crippen LogP contribution >= 0.6 is 27.7 Å². The average Bonchev–Trinajstić information content (AvgIpc) is 2.79. The second-order valence-corrected chi connectivity index (χ2v) is 8.67. The van der Waals surface area contributed by atoms with Crippen molar-refractivity contribution in [3.8, 4) is 5.75 Å². The highest BCUT2D eigenvalue weighted by Gasteiger charge is 2.17. The molecule has 1 saturated heterocycles. The lowest BCUT2D eigenvalue weighted by Gasteiger charge is -2.26. The number of halogens is 1. The van der Waals surface area contributed by atoms with Crippen LogP contribution < -0.4 is 10.2 Å². The average molecular weight is 506 g/mol. The predicted octanol–water partition coefficient (Wildman–Crippen LogP) is 3.07. The fourth-order valence-corrected chi connectivity index (χ4v) is 4.01. The van der Waals surface area contributed by atoms with Gasteiger partial charge in [-0.2, -0.15) is 5.10 Å². The zero-order valence-corrected chi connectivity index (χ0v) is 19.4. The molecule has 0 radical (unpaired) electrons. The maximum absolute atomic E-state index is 12.1. The Morgan fingerprint density at radius 3 is 2.71 bits per heavy atom. The molecule has 1 aliphatic rings. The third kappa shape index (κ3) is 8.35. The minimum atomic E-state index is -0.155. The van der Waals surface area contributed by atoms with Crippen LogP contribution in [0, 0.1) is 0 Å². The van der Waals surface area contributed by atoms with E-state index in [-0.39, 0.29) is 18.4 Å². The Kier molecular flexibility index (Phi) is 9.39. The number of ether oxygens (including phenoxy) is 2. The van der Waals surface area contributed by atoms with E-state index in [4.69, 9.17) is 9.47 Å². The van der Waals surface area contributed by atoms with Crippen molar-refractivity contribution in [2.24, 2.45) is 5.10 Å². The van der Waals surface area contributed by atoms with Crippen LogP contribution in [0.15, 0.2) is 58.1 Å². The van der Waals surface area contributed by atoms with E-state index in [1.54, 1.807) is 23.2 Å². The van der Waals surface area contributed by atoms with E-state index in [9.17, 15) is 9.59 Å². The summed E-state index contributed by atoms with van der Waals surface area (Å²) in [4.78, 5) is 25.7. The van der Waals surface area contributed by atoms with Crippen molar-refractivity contribution in [1.82, 2.24) is 10.3 Å². The standard InChI is InChI=1S/C22H24BrN3O4S/c23-19-3-1-2-18(12-19)15-31-16-21(27)25-24-13-17-4-6-20(7-5-17)30-14-22(28)26-8-10-29-11-9-26/h1-7,12-13H,8-11,14-16H2,(H,25,27). The SMILES string of the molecule is O=C(CSCc1cccc(Br)c1)NN=Cc1ccc(OCC(=O)N2CCOCC2)cc1. The van der Waals surface area contributed by atoms with Gasteiger partial charge in [0.05, 0.1) is 25.2 Å². The molecule has 164 valence electrons. The molecule has 3 rings (SSSR count). The summed E-state index contributed by atoms with van der Waals surface area (Å²) >= 11 is 4.97. The van der Waals surface area contributed by atoms with Gasteiger partial charge in [0.15, 0.2) is 6.61 Å². The van der Waals surface area contributed by atoms with Gasteiger partial charge in [-0.1, -0.05) is 28.1 Å². The smallest absolute Gasteiger partial charge is 0.260 e. The first kappa shape index (κ1) is 23.3. The van der Waals surface area contributed by atoms with E-state index in [0.717, 1.165) is 21.4 Å². The van der Waals surface area contributed by atoms with Gasteiger partial charge >= 0.3 is 0 Å². The number of benzene rings is 2. The van der Waals surface area contributed by atoms with E-state index in [1.165, 1.54) is 11.8 Å². The topological polar surface area (TPSA) is 80.2 Å². The third-order valence-electron chi connectivity index (χ3n) is 4.40. The molecule has 0 unspecified atom stereocenters. The number of nitrogens with one attached hydrogen (secondary N) is 1. The van der Waals surface area contributed by atoms with Crippen molar-refractivity contribution in [2.75, 3.05) is 38.7 Å². The lowest BCUT2D eigenvalue weighted by atomic mass is 10.2. The van der Waals surface area contributed by atoms with Gasteiger partial charge in [0, 0.05) is 23.3 Å². The van der Waals surface area contributed by atoms with Gasteiger partial charge < -0.3 is 14.4 Å². The molecule has 7 nitrogen and oxygen atoms in total. The Labute approximate surface area is 194 Å². The van der Waals surface area contributed by atoms with Gasteiger partial charge in [-0.05, 0) is 47.5 Å². The maximum atomic E-state index is 12.1. The number of morpholine rings is 1. The molecule has 1 N–H and O–H groups in total. The Hall–Kier alpha value is -2.36. The minimum absolute atomic E-state index is 0.00109. The number of hydrogen-bond acceptors (Lipinski definition) is 6. The number of amides is 2. The molecule has 1 fully saturated rings. The Balaban J connectivity index is 1.34. The predicted molar refractivity (Wildman–Crippen MR) is 125 cm³/mol. The quantitative estimate of drug-likeness (QED) is 0.418. The summed E-state index contributed by atoms with van der Waals surface area (Å²) in [5.74, 6) is 1.49. The van der Waals surface area contributed by atoms with Crippen LogP contribution in [0.2, 0.25) is 0 Å². The van der Waals surface area contributed by atoms with E-state index in [1.807, 2.05) is 36.4 Å². The molecule has 0 atom stereocenters. The van der Waals surface area contributed by atoms with E-state index in [0.29, 0.717) is 37.8 Å². The molecule has 2 aromatic rings. The highest BCUT2D eigenvalue weighted by molar-refractivity contribution is 9.10. The van der Waals surface area contributed by atoms with E-state index < -0.39 is 0 Å². The van der Waals surface area contributed by atoms with Gasteiger partial charge in [0.2, 0.25) is 5.91 Å². The van der Waals surface area contributed by atoms with Gasteiger partial charge in [0.25, 0.3) is 5.91 Å². The molecule has 2 aromatic carbocycles. The summed E-state index contributed by atoms with van der Waals surface area (Å²) < 4.78 is 11.8. The number of nitrogens with zero attached hydrogens (tertiary/aromatic N) is 2. The first-order chi connectivity index (χ1) is 15.1.